The first-order chi connectivity index (χ1) is 9.24. The van der Waals surface area contributed by atoms with Crippen LogP contribution < -0.4 is 4.90 Å². The highest BCUT2D eigenvalue weighted by Gasteiger charge is 2.39. The van der Waals surface area contributed by atoms with Crippen molar-refractivity contribution in [1.29, 1.82) is 0 Å². The smallest absolute Gasteiger partial charge is 0.389 e. The second-order valence-electron chi connectivity index (χ2n) is 5.62. The molecule has 0 spiro atoms. The quantitative estimate of drug-likeness (QED) is 0.908. The summed E-state index contributed by atoms with van der Waals surface area (Å²) in [6, 6.07) is 2.34. The summed E-state index contributed by atoms with van der Waals surface area (Å²) in [4.78, 5) is 5.50. The maximum absolute atomic E-state index is 13.0. The van der Waals surface area contributed by atoms with Crippen LogP contribution >= 0.6 is 0 Å². The van der Waals surface area contributed by atoms with Crippen molar-refractivity contribution >= 4 is 5.82 Å². The standard InChI is InChI=1S/C14H19F3N2O/c1-10(2)13(20)5-8-19(9-6-13)12-11(14(15,16)17)4-3-7-18-12/h3-4,7,10,20H,5-6,8-9H2,1-2H3. The van der Waals surface area contributed by atoms with E-state index in [1.54, 1.807) is 4.90 Å². The summed E-state index contributed by atoms with van der Waals surface area (Å²) in [5, 5.41) is 10.4. The lowest BCUT2D eigenvalue weighted by Gasteiger charge is -2.41. The zero-order valence-corrected chi connectivity index (χ0v) is 11.6. The highest BCUT2D eigenvalue weighted by atomic mass is 19.4. The van der Waals surface area contributed by atoms with Crippen molar-refractivity contribution in [3.63, 3.8) is 0 Å². The predicted octanol–water partition coefficient (Wildman–Crippen LogP) is 3.09. The van der Waals surface area contributed by atoms with E-state index in [1.807, 2.05) is 13.8 Å². The molecule has 0 unspecified atom stereocenters. The van der Waals surface area contributed by atoms with Crippen LogP contribution in [0.4, 0.5) is 19.0 Å². The summed E-state index contributed by atoms with van der Waals surface area (Å²) in [7, 11) is 0. The molecule has 2 rings (SSSR count). The van der Waals surface area contributed by atoms with Gasteiger partial charge in [-0.25, -0.2) is 4.98 Å². The van der Waals surface area contributed by atoms with Gasteiger partial charge in [-0.2, -0.15) is 13.2 Å². The van der Waals surface area contributed by atoms with E-state index in [9.17, 15) is 18.3 Å². The molecule has 112 valence electrons. The van der Waals surface area contributed by atoms with E-state index in [0.717, 1.165) is 6.07 Å². The number of hydrogen-bond donors (Lipinski definition) is 1. The maximum atomic E-state index is 13.0. The Labute approximate surface area is 116 Å². The Bertz CT molecular complexity index is 466. The van der Waals surface area contributed by atoms with Crippen LogP contribution in [0.25, 0.3) is 0 Å². The average molecular weight is 288 g/mol. The van der Waals surface area contributed by atoms with Crippen molar-refractivity contribution < 1.29 is 18.3 Å². The third-order valence-corrected chi connectivity index (χ3v) is 4.10. The molecule has 1 aromatic heterocycles. The van der Waals surface area contributed by atoms with Crippen LogP contribution in [0.2, 0.25) is 0 Å². The van der Waals surface area contributed by atoms with Gasteiger partial charge in [-0.3, -0.25) is 0 Å². The van der Waals surface area contributed by atoms with Crippen LogP contribution in [-0.2, 0) is 6.18 Å². The largest absolute Gasteiger partial charge is 0.419 e. The molecule has 1 aliphatic rings. The van der Waals surface area contributed by atoms with Gasteiger partial charge in [0.2, 0.25) is 0 Å². The van der Waals surface area contributed by atoms with Crippen LogP contribution in [0, 0.1) is 5.92 Å². The minimum Gasteiger partial charge on any atom is -0.389 e. The second-order valence-corrected chi connectivity index (χ2v) is 5.62. The lowest BCUT2D eigenvalue weighted by molar-refractivity contribution is -0.137. The molecular formula is C14H19F3N2O. The van der Waals surface area contributed by atoms with Gasteiger partial charge in [-0.05, 0) is 30.9 Å². The van der Waals surface area contributed by atoms with Gasteiger partial charge >= 0.3 is 6.18 Å². The van der Waals surface area contributed by atoms with E-state index >= 15 is 0 Å². The molecule has 6 heteroatoms. The molecule has 0 aliphatic carbocycles. The molecule has 1 aliphatic heterocycles. The number of piperidine rings is 1. The Kier molecular flexibility index (Phi) is 3.95. The fourth-order valence-corrected chi connectivity index (χ4v) is 2.55. The van der Waals surface area contributed by atoms with Gasteiger partial charge in [0.05, 0.1) is 11.2 Å². The number of nitrogens with zero attached hydrogens (tertiary/aromatic N) is 2. The van der Waals surface area contributed by atoms with E-state index in [0.29, 0.717) is 25.9 Å². The van der Waals surface area contributed by atoms with Gasteiger partial charge < -0.3 is 10.0 Å². The first kappa shape index (κ1) is 15.1. The monoisotopic (exact) mass is 288 g/mol. The fraction of sp³-hybridized carbons (Fsp3) is 0.643. The Morgan fingerprint density at radius 2 is 1.90 bits per heavy atom. The van der Waals surface area contributed by atoms with Gasteiger partial charge in [0.25, 0.3) is 0 Å². The molecule has 0 radical (unpaired) electrons. The molecule has 0 saturated carbocycles. The maximum Gasteiger partial charge on any atom is 0.419 e. The molecule has 1 N–H and O–H groups in total. The van der Waals surface area contributed by atoms with E-state index in [1.165, 1.54) is 12.3 Å². The van der Waals surface area contributed by atoms with Gasteiger partial charge in [-0.15, -0.1) is 0 Å². The summed E-state index contributed by atoms with van der Waals surface area (Å²) in [6.45, 7) is 4.62. The molecular weight excluding hydrogens is 269 g/mol. The Morgan fingerprint density at radius 3 is 2.40 bits per heavy atom. The highest BCUT2D eigenvalue weighted by molar-refractivity contribution is 5.48. The Hall–Kier alpha value is -1.30. The molecule has 1 aromatic rings. The van der Waals surface area contributed by atoms with Crippen LogP contribution in [0.3, 0.4) is 0 Å². The summed E-state index contributed by atoms with van der Waals surface area (Å²) in [5.74, 6) is 0.0567. The zero-order chi connectivity index (χ0) is 15.0. The number of anilines is 1. The molecule has 20 heavy (non-hydrogen) atoms. The van der Waals surface area contributed by atoms with Crippen molar-refractivity contribution in [3.8, 4) is 0 Å². The molecule has 2 heterocycles. The summed E-state index contributed by atoms with van der Waals surface area (Å²) < 4.78 is 38.9. The van der Waals surface area contributed by atoms with E-state index in [-0.39, 0.29) is 11.7 Å². The normalized spacial score (nSPS) is 19.4. The number of halogens is 3. The lowest BCUT2D eigenvalue weighted by Crippen LogP contribution is -2.48. The number of aromatic nitrogens is 1. The van der Waals surface area contributed by atoms with Crippen LogP contribution in [0.15, 0.2) is 18.3 Å². The zero-order valence-electron chi connectivity index (χ0n) is 11.6. The highest BCUT2D eigenvalue weighted by Crippen LogP contribution is 2.37. The van der Waals surface area contributed by atoms with Crippen LogP contribution in [-0.4, -0.2) is 28.8 Å². The molecule has 1 saturated heterocycles. The van der Waals surface area contributed by atoms with E-state index < -0.39 is 17.3 Å². The van der Waals surface area contributed by atoms with Crippen molar-refractivity contribution in [3.05, 3.63) is 23.9 Å². The topological polar surface area (TPSA) is 36.4 Å². The van der Waals surface area contributed by atoms with Gasteiger partial charge in [0.1, 0.15) is 5.82 Å². The van der Waals surface area contributed by atoms with Crippen LogP contribution in [0.5, 0.6) is 0 Å². The van der Waals surface area contributed by atoms with Crippen LogP contribution in [0.1, 0.15) is 32.3 Å². The third-order valence-electron chi connectivity index (χ3n) is 4.10. The SMILES string of the molecule is CC(C)C1(O)CCN(c2ncccc2C(F)(F)F)CC1. The molecule has 0 atom stereocenters. The van der Waals surface area contributed by atoms with Crippen molar-refractivity contribution in [2.75, 3.05) is 18.0 Å². The van der Waals surface area contributed by atoms with Crippen molar-refractivity contribution in [2.24, 2.45) is 5.92 Å². The fourth-order valence-electron chi connectivity index (χ4n) is 2.55. The molecule has 1 fully saturated rings. The first-order valence-electron chi connectivity index (χ1n) is 6.73. The van der Waals surface area contributed by atoms with Crippen molar-refractivity contribution in [1.82, 2.24) is 4.98 Å². The van der Waals surface area contributed by atoms with Gasteiger partial charge in [0, 0.05) is 19.3 Å². The van der Waals surface area contributed by atoms with E-state index in [4.69, 9.17) is 0 Å². The Morgan fingerprint density at radius 1 is 1.30 bits per heavy atom. The summed E-state index contributed by atoms with van der Waals surface area (Å²) in [5.41, 5.74) is -1.50. The number of alkyl halides is 3. The molecule has 3 nitrogen and oxygen atoms in total. The minimum atomic E-state index is -4.41. The Balaban J connectivity index is 2.20. The average Bonchev–Trinajstić information content (AvgIpc) is 2.38. The molecule has 0 bridgehead atoms. The molecule has 0 aromatic carbocycles. The second kappa shape index (κ2) is 5.24. The lowest BCUT2D eigenvalue weighted by atomic mass is 9.81. The number of hydrogen-bond acceptors (Lipinski definition) is 3. The first-order valence-corrected chi connectivity index (χ1v) is 6.73. The minimum absolute atomic E-state index is 0.0363. The number of pyridine rings is 1. The molecule has 0 amide bonds. The number of aliphatic hydroxyl groups is 1. The third kappa shape index (κ3) is 2.90. The van der Waals surface area contributed by atoms with Gasteiger partial charge in [-0.1, -0.05) is 13.8 Å². The number of rotatable bonds is 2. The van der Waals surface area contributed by atoms with Gasteiger partial charge in [0.15, 0.2) is 0 Å². The predicted molar refractivity (Wildman–Crippen MR) is 70.5 cm³/mol. The summed E-state index contributed by atoms with van der Waals surface area (Å²) >= 11 is 0. The van der Waals surface area contributed by atoms with Crippen molar-refractivity contribution in [2.45, 2.75) is 38.5 Å². The summed E-state index contributed by atoms with van der Waals surface area (Å²) in [6.07, 6.45) is -2.12. The van der Waals surface area contributed by atoms with E-state index in [2.05, 4.69) is 4.98 Å².